The zero-order valence-corrected chi connectivity index (χ0v) is 13.2. The molecule has 0 saturated heterocycles. The predicted molar refractivity (Wildman–Crippen MR) is 87.3 cm³/mol. The van der Waals surface area contributed by atoms with E-state index in [0.717, 1.165) is 5.56 Å². The first-order valence-corrected chi connectivity index (χ1v) is 7.55. The van der Waals surface area contributed by atoms with Crippen LogP contribution in [-0.4, -0.2) is 25.2 Å². The summed E-state index contributed by atoms with van der Waals surface area (Å²) < 4.78 is 16.6. The van der Waals surface area contributed by atoms with Gasteiger partial charge in [0.25, 0.3) is 5.91 Å². The Morgan fingerprint density at radius 3 is 2.70 bits per heavy atom. The highest BCUT2D eigenvalue weighted by molar-refractivity contribution is 5.94. The van der Waals surface area contributed by atoms with Crippen LogP contribution in [0.4, 0.5) is 5.69 Å². The minimum absolute atomic E-state index is 0.219. The second-order valence-corrected chi connectivity index (χ2v) is 5.42. The molecule has 2 aromatic carbocycles. The number of hydrogen-bond acceptors (Lipinski definition) is 4. The highest BCUT2D eigenvalue weighted by atomic mass is 16.6. The number of ether oxygens (including phenoxy) is 3. The smallest absolute Gasteiger partial charge is 0.265 e. The van der Waals surface area contributed by atoms with Gasteiger partial charge in [-0.2, -0.15) is 0 Å². The number of carbonyl (C=O) groups is 1. The molecule has 0 radical (unpaired) electrons. The van der Waals surface area contributed by atoms with Crippen molar-refractivity contribution in [2.75, 3.05) is 18.5 Å². The molecule has 1 aliphatic rings. The fourth-order valence-corrected chi connectivity index (χ4v) is 2.31. The Morgan fingerprint density at radius 2 is 1.91 bits per heavy atom. The van der Waals surface area contributed by atoms with E-state index < -0.39 is 6.10 Å². The van der Waals surface area contributed by atoms with Crippen LogP contribution in [0.5, 0.6) is 17.2 Å². The van der Waals surface area contributed by atoms with Crippen molar-refractivity contribution >= 4 is 11.6 Å². The summed E-state index contributed by atoms with van der Waals surface area (Å²) in [4.78, 5) is 12.3. The third-order valence-electron chi connectivity index (χ3n) is 3.48. The average Bonchev–Trinajstić information content (AvgIpc) is 2.54. The lowest BCUT2D eigenvalue weighted by atomic mass is 10.2. The molecule has 5 heteroatoms. The van der Waals surface area contributed by atoms with Crippen molar-refractivity contribution in [1.82, 2.24) is 0 Å². The van der Waals surface area contributed by atoms with Gasteiger partial charge in [-0.05, 0) is 43.7 Å². The van der Waals surface area contributed by atoms with Crippen LogP contribution in [0.2, 0.25) is 0 Å². The number of benzene rings is 2. The van der Waals surface area contributed by atoms with E-state index in [1.807, 2.05) is 31.2 Å². The average molecular weight is 313 g/mol. The molecule has 23 heavy (non-hydrogen) atoms. The normalized spacial score (nSPS) is 14.0. The maximum absolute atomic E-state index is 12.3. The summed E-state index contributed by atoms with van der Waals surface area (Å²) in [5, 5.41) is 2.83. The molecule has 0 saturated carbocycles. The molecule has 1 atom stereocenters. The zero-order valence-electron chi connectivity index (χ0n) is 13.2. The Balaban J connectivity index is 1.64. The van der Waals surface area contributed by atoms with Crippen molar-refractivity contribution < 1.29 is 19.0 Å². The summed E-state index contributed by atoms with van der Waals surface area (Å²) in [6.45, 7) is 4.75. The van der Waals surface area contributed by atoms with Crippen molar-refractivity contribution in [2.45, 2.75) is 20.0 Å². The minimum Gasteiger partial charge on any atom is -0.486 e. The first kappa shape index (κ1) is 15.2. The quantitative estimate of drug-likeness (QED) is 0.942. The molecule has 1 amide bonds. The van der Waals surface area contributed by atoms with Gasteiger partial charge in [0.2, 0.25) is 0 Å². The van der Waals surface area contributed by atoms with E-state index in [1.165, 1.54) is 0 Å². The van der Waals surface area contributed by atoms with Gasteiger partial charge in [-0.1, -0.05) is 12.1 Å². The molecular weight excluding hydrogens is 294 g/mol. The number of hydrogen-bond donors (Lipinski definition) is 1. The van der Waals surface area contributed by atoms with Gasteiger partial charge >= 0.3 is 0 Å². The van der Waals surface area contributed by atoms with E-state index in [1.54, 1.807) is 25.1 Å². The van der Waals surface area contributed by atoms with E-state index in [2.05, 4.69) is 5.32 Å². The zero-order chi connectivity index (χ0) is 16.2. The Bertz CT molecular complexity index is 714. The lowest BCUT2D eigenvalue weighted by Crippen LogP contribution is -2.30. The van der Waals surface area contributed by atoms with Crippen LogP contribution in [0.3, 0.4) is 0 Å². The fraction of sp³-hybridized carbons (Fsp3) is 0.278. The van der Waals surface area contributed by atoms with Crippen molar-refractivity contribution in [3.63, 3.8) is 0 Å². The fourth-order valence-electron chi connectivity index (χ4n) is 2.31. The molecule has 0 spiro atoms. The highest BCUT2D eigenvalue weighted by Gasteiger charge is 2.17. The van der Waals surface area contributed by atoms with E-state index in [0.29, 0.717) is 36.1 Å². The number of aryl methyl sites for hydroxylation is 1. The standard InChI is InChI=1S/C18H19NO4/c1-12-4-3-5-15(10-12)23-13(2)18(20)19-14-6-7-16-17(11-14)22-9-8-21-16/h3-7,10-11,13H,8-9H2,1-2H3,(H,19,20)/t13-/m0/s1. The van der Waals surface area contributed by atoms with Crippen LogP contribution in [0.1, 0.15) is 12.5 Å². The third-order valence-corrected chi connectivity index (χ3v) is 3.48. The monoisotopic (exact) mass is 313 g/mol. The maximum atomic E-state index is 12.3. The number of amides is 1. The third kappa shape index (κ3) is 3.74. The second kappa shape index (κ2) is 6.60. The Morgan fingerprint density at radius 1 is 1.13 bits per heavy atom. The van der Waals surface area contributed by atoms with Gasteiger partial charge < -0.3 is 19.5 Å². The lowest BCUT2D eigenvalue weighted by Gasteiger charge is -2.20. The number of fused-ring (bicyclic) bond motifs is 1. The molecule has 5 nitrogen and oxygen atoms in total. The van der Waals surface area contributed by atoms with Crippen molar-refractivity contribution in [3.05, 3.63) is 48.0 Å². The Labute approximate surface area is 135 Å². The Kier molecular flexibility index (Phi) is 4.37. The van der Waals surface area contributed by atoms with Crippen molar-refractivity contribution in [3.8, 4) is 17.2 Å². The van der Waals surface area contributed by atoms with Crippen molar-refractivity contribution in [1.29, 1.82) is 0 Å². The molecule has 120 valence electrons. The van der Waals surface area contributed by atoms with Crippen LogP contribution in [0.25, 0.3) is 0 Å². The van der Waals surface area contributed by atoms with Crippen LogP contribution < -0.4 is 19.5 Å². The van der Waals surface area contributed by atoms with E-state index >= 15 is 0 Å². The summed E-state index contributed by atoms with van der Waals surface area (Å²) in [5.41, 5.74) is 1.74. The molecule has 0 bridgehead atoms. The van der Waals surface area contributed by atoms with E-state index in [4.69, 9.17) is 14.2 Å². The maximum Gasteiger partial charge on any atom is 0.265 e. The summed E-state index contributed by atoms with van der Waals surface area (Å²) in [6.07, 6.45) is -0.606. The van der Waals surface area contributed by atoms with Gasteiger partial charge in [-0.3, -0.25) is 4.79 Å². The van der Waals surface area contributed by atoms with Crippen molar-refractivity contribution in [2.24, 2.45) is 0 Å². The van der Waals surface area contributed by atoms with Gasteiger partial charge in [-0.15, -0.1) is 0 Å². The topological polar surface area (TPSA) is 56.8 Å². The second-order valence-electron chi connectivity index (χ2n) is 5.42. The minimum atomic E-state index is -0.606. The summed E-state index contributed by atoms with van der Waals surface area (Å²) in [6, 6.07) is 12.9. The number of nitrogens with one attached hydrogen (secondary N) is 1. The van der Waals surface area contributed by atoms with Gasteiger partial charge in [0.1, 0.15) is 19.0 Å². The first-order valence-electron chi connectivity index (χ1n) is 7.55. The molecule has 0 fully saturated rings. The molecule has 0 unspecified atom stereocenters. The van der Waals surface area contributed by atoms with Crippen LogP contribution in [-0.2, 0) is 4.79 Å². The molecule has 0 aromatic heterocycles. The Hall–Kier alpha value is -2.69. The van der Waals surface area contributed by atoms with Gasteiger partial charge in [0.05, 0.1) is 0 Å². The predicted octanol–water partition coefficient (Wildman–Crippen LogP) is 3.17. The summed E-state index contributed by atoms with van der Waals surface area (Å²) in [7, 11) is 0. The summed E-state index contributed by atoms with van der Waals surface area (Å²) >= 11 is 0. The molecular formula is C18H19NO4. The SMILES string of the molecule is Cc1cccc(O[C@@H](C)C(=O)Nc2ccc3c(c2)OCCO3)c1. The molecule has 2 aromatic rings. The van der Waals surface area contributed by atoms with E-state index in [-0.39, 0.29) is 5.91 Å². The van der Waals surface area contributed by atoms with Gasteiger partial charge in [-0.25, -0.2) is 0 Å². The molecule has 1 aliphatic heterocycles. The molecule has 3 rings (SSSR count). The first-order chi connectivity index (χ1) is 11.1. The van der Waals surface area contributed by atoms with Gasteiger partial charge in [0.15, 0.2) is 17.6 Å². The lowest BCUT2D eigenvalue weighted by molar-refractivity contribution is -0.122. The van der Waals surface area contributed by atoms with Crippen LogP contribution in [0, 0.1) is 6.92 Å². The molecule has 1 heterocycles. The number of rotatable bonds is 4. The number of anilines is 1. The number of carbonyl (C=O) groups excluding carboxylic acids is 1. The van der Waals surface area contributed by atoms with Crippen LogP contribution in [0.15, 0.2) is 42.5 Å². The van der Waals surface area contributed by atoms with E-state index in [9.17, 15) is 4.79 Å². The highest BCUT2D eigenvalue weighted by Crippen LogP contribution is 2.32. The van der Waals surface area contributed by atoms with Crippen LogP contribution >= 0.6 is 0 Å². The molecule has 0 aliphatic carbocycles. The largest absolute Gasteiger partial charge is 0.486 e. The van der Waals surface area contributed by atoms with Gasteiger partial charge in [0, 0.05) is 11.8 Å². The molecule has 1 N–H and O–H groups in total. The summed E-state index contributed by atoms with van der Waals surface area (Å²) in [5.74, 6) is 1.79.